The van der Waals surface area contributed by atoms with E-state index < -0.39 is 5.97 Å². The number of hydrogen-bond donors (Lipinski definition) is 1. The second-order valence-electron chi connectivity index (χ2n) is 6.50. The van der Waals surface area contributed by atoms with E-state index in [2.05, 4.69) is 30.9 Å². The Balaban J connectivity index is 1.58. The van der Waals surface area contributed by atoms with Crippen LogP contribution in [0, 0.1) is 11.8 Å². The Morgan fingerprint density at radius 3 is 2.75 bits per heavy atom. The van der Waals surface area contributed by atoms with Crippen molar-refractivity contribution in [2.75, 3.05) is 6.54 Å². The molecule has 0 spiro atoms. The maximum Gasteiger partial charge on any atom is 0.306 e. The van der Waals surface area contributed by atoms with Crippen LogP contribution in [0.15, 0.2) is 16.5 Å². The zero-order valence-electron chi connectivity index (χ0n) is 12.2. The number of piperidine rings is 1. The van der Waals surface area contributed by atoms with Crippen LogP contribution in [0.1, 0.15) is 50.5 Å². The first-order valence-electron chi connectivity index (χ1n) is 7.60. The molecule has 1 saturated heterocycles. The quantitative estimate of drug-likeness (QED) is 0.919. The second kappa shape index (κ2) is 5.24. The van der Waals surface area contributed by atoms with Crippen LogP contribution in [0.2, 0.25) is 0 Å². The average Bonchev–Trinajstić information content (AvgIpc) is 2.96. The molecule has 3 rings (SSSR count). The van der Waals surface area contributed by atoms with Crippen molar-refractivity contribution in [2.24, 2.45) is 11.8 Å². The van der Waals surface area contributed by atoms with Gasteiger partial charge in [-0.2, -0.15) is 0 Å². The van der Waals surface area contributed by atoms with Crippen LogP contribution in [0.3, 0.4) is 0 Å². The normalized spacial score (nSPS) is 34.1. The molecule has 1 N–H and O–H groups in total. The molecule has 1 aliphatic heterocycles. The minimum atomic E-state index is -0.653. The van der Waals surface area contributed by atoms with E-state index in [1.165, 1.54) is 6.42 Å². The highest BCUT2D eigenvalue weighted by Gasteiger charge is 2.37. The largest absolute Gasteiger partial charge is 0.481 e. The summed E-state index contributed by atoms with van der Waals surface area (Å²) in [5, 5.41) is 9.09. The van der Waals surface area contributed by atoms with Gasteiger partial charge in [-0.3, -0.25) is 9.69 Å². The fourth-order valence-electron chi connectivity index (χ4n) is 3.28. The van der Waals surface area contributed by atoms with Crippen LogP contribution < -0.4 is 0 Å². The fourth-order valence-corrected chi connectivity index (χ4v) is 3.28. The molecule has 1 aromatic heterocycles. The summed E-state index contributed by atoms with van der Waals surface area (Å²) < 4.78 is 5.95. The number of carbonyl (C=O) groups is 1. The Bertz CT molecular complexity index is 496. The molecule has 1 aromatic rings. The summed E-state index contributed by atoms with van der Waals surface area (Å²) in [6, 6.07) is 4.49. The molecule has 0 bridgehead atoms. The average molecular weight is 277 g/mol. The molecular formula is C16H23NO3. The van der Waals surface area contributed by atoms with Gasteiger partial charge in [0.25, 0.3) is 0 Å². The molecule has 2 fully saturated rings. The van der Waals surface area contributed by atoms with E-state index in [0.29, 0.717) is 12.0 Å². The van der Waals surface area contributed by atoms with Gasteiger partial charge in [-0.15, -0.1) is 0 Å². The topological polar surface area (TPSA) is 53.7 Å². The third-order valence-corrected chi connectivity index (χ3v) is 4.88. The summed E-state index contributed by atoms with van der Waals surface area (Å²) in [5.74, 6) is 2.69. The number of furan rings is 1. The lowest BCUT2D eigenvalue weighted by Crippen LogP contribution is -2.42. The van der Waals surface area contributed by atoms with Crippen LogP contribution in [0.4, 0.5) is 0 Å². The van der Waals surface area contributed by atoms with Crippen molar-refractivity contribution in [1.82, 2.24) is 4.90 Å². The molecule has 2 aliphatic rings. The second-order valence-corrected chi connectivity index (χ2v) is 6.50. The summed E-state index contributed by atoms with van der Waals surface area (Å²) >= 11 is 0. The minimum Gasteiger partial charge on any atom is -0.481 e. The first kappa shape index (κ1) is 13.7. The van der Waals surface area contributed by atoms with Crippen LogP contribution in [0.25, 0.3) is 0 Å². The van der Waals surface area contributed by atoms with E-state index in [9.17, 15) is 4.79 Å². The van der Waals surface area contributed by atoms with Gasteiger partial charge in [-0.1, -0.05) is 6.92 Å². The summed E-state index contributed by atoms with van der Waals surface area (Å²) in [4.78, 5) is 13.4. The minimum absolute atomic E-state index is 0.180. The zero-order valence-corrected chi connectivity index (χ0v) is 12.2. The number of carboxylic acid groups (broad SMARTS) is 1. The number of likely N-dealkylation sites (tertiary alicyclic amines) is 1. The molecule has 110 valence electrons. The van der Waals surface area contributed by atoms with Crippen molar-refractivity contribution in [1.29, 1.82) is 0 Å². The third-order valence-electron chi connectivity index (χ3n) is 4.88. The first-order valence-corrected chi connectivity index (χ1v) is 7.60. The van der Waals surface area contributed by atoms with E-state index in [-0.39, 0.29) is 5.92 Å². The van der Waals surface area contributed by atoms with Gasteiger partial charge < -0.3 is 9.52 Å². The zero-order chi connectivity index (χ0) is 14.3. The highest BCUT2D eigenvalue weighted by atomic mass is 16.4. The van der Waals surface area contributed by atoms with E-state index in [1.54, 1.807) is 0 Å². The van der Waals surface area contributed by atoms with Crippen molar-refractivity contribution in [3.63, 3.8) is 0 Å². The summed E-state index contributed by atoms with van der Waals surface area (Å²) in [7, 11) is 0. The monoisotopic (exact) mass is 277 g/mol. The summed E-state index contributed by atoms with van der Waals surface area (Å²) in [5.41, 5.74) is 0. The maximum absolute atomic E-state index is 11.0. The van der Waals surface area contributed by atoms with Gasteiger partial charge in [0.15, 0.2) is 0 Å². The van der Waals surface area contributed by atoms with Gasteiger partial charge in [-0.05, 0) is 50.8 Å². The van der Waals surface area contributed by atoms with E-state index in [4.69, 9.17) is 9.52 Å². The van der Waals surface area contributed by atoms with Crippen LogP contribution in [-0.4, -0.2) is 28.6 Å². The lowest BCUT2D eigenvalue weighted by molar-refractivity contribution is -0.144. The Hall–Kier alpha value is -1.29. The van der Waals surface area contributed by atoms with Crippen molar-refractivity contribution in [2.45, 2.75) is 51.6 Å². The Morgan fingerprint density at radius 2 is 2.15 bits per heavy atom. The molecule has 4 atom stereocenters. The molecular weight excluding hydrogens is 254 g/mol. The lowest BCUT2D eigenvalue weighted by atomic mass is 9.92. The molecule has 0 radical (unpaired) electrons. The van der Waals surface area contributed by atoms with Gasteiger partial charge in [-0.25, -0.2) is 0 Å². The van der Waals surface area contributed by atoms with Gasteiger partial charge in [0.2, 0.25) is 0 Å². The van der Waals surface area contributed by atoms with Crippen LogP contribution >= 0.6 is 0 Å². The Morgan fingerprint density at radius 1 is 1.40 bits per heavy atom. The predicted molar refractivity (Wildman–Crippen MR) is 75.5 cm³/mol. The molecule has 0 amide bonds. The van der Waals surface area contributed by atoms with Crippen molar-refractivity contribution in [3.8, 4) is 0 Å². The predicted octanol–water partition coefficient (Wildman–Crippen LogP) is 3.09. The van der Waals surface area contributed by atoms with Crippen molar-refractivity contribution in [3.05, 3.63) is 23.7 Å². The van der Waals surface area contributed by atoms with Crippen molar-refractivity contribution < 1.29 is 14.3 Å². The van der Waals surface area contributed by atoms with Gasteiger partial charge in [0.05, 0.1) is 12.5 Å². The molecule has 1 aliphatic carbocycles. The fraction of sp³-hybridized carbons (Fsp3) is 0.688. The molecule has 2 heterocycles. The maximum atomic E-state index is 11.0. The number of aliphatic carboxylic acids is 1. The van der Waals surface area contributed by atoms with Crippen molar-refractivity contribution >= 4 is 5.97 Å². The third kappa shape index (κ3) is 2.75. The van der Waals surface area contributed by atoms with Gasteiger partial charge >= 0.3 is 5.97 Å². The number of hydrogen-bond acceptors (Lipinski definition) is 3. The molecule has 0 aromatic carbocycles. The SMILES string of the molecule is CC1CC1c1ccc(CN2CCC(C(=O)O)CC2C)o1. The van der Waals surface area contributed by atoms with Crippen LogP contribution in [0.5, 0.6) is 0 Å². The van der Waals surface area contributed by atoms with E-state index >= 15 is 0 Å². The number of rotatable bonds is 4. The Kier molecular flexibility index (Phi) is 3.59. The molecule has 4 heteroatoms. The highest BCUT2D eigenvalue weighted by molar-refractivity contribution is 5.70. The highest BCUT2D eigenvalue weighted by Crippen LogP contribution is 2.47. The number of nitrogens with zero attached hydrogens (tertiary/aromatic N) is 1. The lowest BCUT2D eigenvalue weighted by Gasteiger charge is -2.35. The van der Waals surface area contributed by atoms with Gasteiger partial charge in [0.1, 0.15) is 11.5 Å². The standard InChI is InChI=1S/C16H23NO3/c1-10-7-14(10)15-4-3-13(20-15)9-17-6-5-12(16(18)19)8-11(17)2/h3-4,10-12,14H,5-9H2,1-2H3,(H,18,19). The van der Waals surface area contributed by atoms with Gasteiger partial charge in [0, 0.05) is 12.0 Å². The molecule has 1 saturated carbocycles. The first-order chi connectivity index (χ1) is 9.54. The number of carboxylic acids is 1. The van der Waals surface area contributed by atoms with E-state index in [0.717, 1.165) is 43.4 Å². The smallest absolute Gasteiger partial charge is 0.306 e. The molecule has 4 nitrogen and oxygen atoms in total. The van der Waals surface area contributed by atoms with Crippen LogP contribution in [-0.2, 0) is 11.3 Å². The van der Waals surface area contributed by atoms with E-state index in [1.807, 2.05) is 0 Å². The molecule has 20 heavy (non-hydrogen) atoms. The summed E-state index contributed by atoms with van der Waals surface area (Å²) in [6.45, 7) is 6.01. The summed E-state index contributed by atoms with van der Waals surface area (Å²) in [6.07, 6.45) is 2.73. The Labute approximate surface area is 119 Å². The molecule has 4 unspecified atom stereocenters.